The summed E-state index contributed by atoms with van der Waals surface area (Å²) < 4.78 is 31.1. The van der Waals surface area contributed by atoms with Gasteiger partial charge in [-0.25, -0.2) is 9.59 Å². The molecular formula is C70H70N2O7. The van der Waals surface area contributed by atoms with Crippen LogP contribution in [0.25, 0.3) is 28.0 Å². The second-order valence-electron chi connectivity index (χ2n) is 22.7. The highest BCUT2D eigenvalue weighted by Gasteiger charge is 2.45. The van der Waals surface area contributed by atoms with Gasteiger partial charge < -0.3 is 33.5 Å². The highest BCUT2D eigenvalue weighted by atomic mass is 16.5. The Morgan fingerprint density at radius 1 is 0.684 bits per heavy atom. The van der Waals surface area contributed by atoms with Crippen molar-refractivity contribution in [3.63, 3.8) is 0 Å². The van der Waals surface area contributed by atoms with Crippen molar-refractivity contribution >= 4 is 40.2 Å². The molecule has 1 saturated heterocycles. The lowest BCUT2D eigenvalue weighted by atomic mass is 9.76. The first-order chi connectivity index (χ1) is 38.5. The zero-order valence-electron chi connectivity index (χ0n) is 46.1. The number of anilines is 2. The Kier molecular flexibility index (Phi) is 14.2. The molecule has 1 saturated carbocycles. The fourth-order valence-corrected chi connectivity index (χ4v) is 13.4. The van der Waals surface area contributed by atoms with Crippen LogP contribution in [0.1, 0.15) is 127 Å². The van der Waals surface area contributed by atoms with Gasteiger partial charge in [0.1, 0.15) is 34.3 Å². The van der Waals surface area contributed by atoms with E-state index in [9.17, 15) is 9.59 Å². The number of allylic oxidation sites excluding steroid dienone is 4. The Morgan fingerprint density at radius 3 is 1.97 bits per heavy atom. The van der Waals surface area contributed by atoms with E-state index in [0.29, 0.717) is 23.0 Å². The number of carbonyl (C=O) groups is 2. The zero-order chi connectivity index (χ0) is 54.3. The monoisotopic (exact) mass is 1050 g/mol. The third-order valence-electron chi connectivity index (χ3n) is 17.6. The van der Waals surface area contributed by atoms with Crippen molar-refractivity contribution in [1.29, 1.82) is 0 Å². The van der Waals surface area contributed by atoms with E-state index >= 15 is 0 Å². The van der Waals surface area contributed by atoms with Gasteiger partial charge in [-0.1, -0.05) is 113 Å². The van der Waals surface area contributed by atoms with E-state index in [-0.39, 0.29) is 17.2 Å². The molecular weight excluding hydrogens is 981 g/mol. The first-order valence-corrected chi connectivity index (χ1v) is 28.4. The number of methoxy groups -OCH3 is 2. The molecule has 9 heteroatoms. The SMILES string of the molecule is CCCC1CCC(c2ccc(OC(=O)c3ccc(OC(=O)c4cc5c6c(c7c(c5cc4OC)OC(CC4C=CC=CC4)(c4ccc(N5CCN(c8ccc(OC)cc8)CC5)cc4)C=C7)C(C)(C)c4ccccc4-6)cc3)cc2)CC1. The van der Waals surface area contributed by atoms with Crippen molar-refractivity contribution in [2.24, 2.45) is 11.8 Å². The zero-order valence-corrected chi connectivity index (χ0v) is 46.1. The lowest BCUT2D eigenvalue weighted by molar-refractivity contribution is 0.0728. The summed E-state index contributed by atoms with van der Waals surface area (Å²) in [7, 11) is 3.28. The number of rotatable bonds is 14. The molecule has 5 aliphatic rings. The molecule has 3 aliphatic carbocycles. The van der Waals surface area contributed by atoms with E-state index in [4.69, 9.17) is 23.7 Å². The van der Waals surface area contributed by atoms with Crippen molar-refractivity contribution in [2.75, 3.05) is 50.2 Å². The first kappa shape index (κ1) is 51.7. The van der Waals surface area contributed by atoms with Crippen molar-refractivity contribution in [3.8, 4) is 39.9 Å². The van der Waals surface area contributed by atoms with E-state index in [2.05, 4.69) is 140 Å². The van der Waals surface area contributed by atoms with Gasteiger partial charge in [0.05, 0.1) is 19.8 Å². The van der Waals surface area contributed by atoms with Crippen LogP contribution in [0.15, 0.2) is 164 Å². The van der Waals surface area contributed by atoms with Crippen LogP contribution >= 0.6 is 0 Å². The van der Waals surface area contributed by atoms with Crippen LogP contribution in [-0.4, -0.2) is 52.3 Å². The maximum atomic E-state index is 14.5. The molecule has 0 N–H and O–H groups in total. The average Bonchev–Trinajstić information content (AvgIpc) is 3.71. The molecule has 7 aromatic carbocycles. The highest BCUT2D eigenvalue weighted by Crippen LogP contribution is 2.59. The largest absolute Gasteiger partial charge is 0.497 e. The average molecular weight is 1050 g/mol. The van der Waals surface area contributed by atoms with E-state index in [1.807, 2.05) is 36.4 Å². The molecule has 2 aliphatic heterocycles. The Hall–Kier alpha value is -8.04. The van der Waals surface area contributed by atoms with Gasteiger partial charge in [0.2, 0.25) is 0 Å². The molecule has 79 heavy (non-hydrogen) atoms. The third-order valence-corrected chi connectivity index (χ3v) is 17.6. The molecule has 9 nitrogen and oxygen atoms in total. The Bertz CT molecular complexity index is 3490. The fourth-order valence-electron chi connectivity index (χ4n) is 13.4. The van der Waals surface area contributed by atoms with Gasteiger partial charge in [0.15, 0.2) is 5.60 Å². The maximum Gasteiger partial charge on any atom is 0.347 e. The summed E-state index contributed by atoms with van der Waals surface area (Å²) in [6.45, 7) is 10.5. The molecule has 402 valence electrons. The van der Waals surface area contributed by atoms with Gasteiger partial charge in [0, 0.05) is 60.3 Å². The topological polar surface area (TPSA) is 86.8 Å². The summed E-state index contributed by atoms with van der Waals surface area (Å²) in [5.41, 5.74) is 9.75. The summed E-state index contributed by atoms with van der Waals surface area (Å²) in [6, 6.07) is 44.2. The van der Waals surface area contributed by atoms with Crippen LogP contribution < -0.4 is 33.5 Å². The van der Waals surface area contributed by atoms with E-state index in [1.54, 1.807) is 38.5 Å². The van der Waals surface area contributed by atoms with Crippen molar-refractivity contribution in [1.82, 2.24) is 0 Å². The standard InChI is InChI=1S/C70H70N2O7/c1-6-12-46-17-19-48(20-18-46)49-21-31-55(32-22-49)77-67(73)50-23-33-56(34-24-50)78-68(74)61-43-59-60(44-63(61)76-5)66-58(65-64(59)57-15-10-11-16-62(57)69(65,2)3)37-38-70(79-66,45-47-13-8-7-9-14-47)51-25-27-52(28-26-51)71-39-41-72(42-40-71)53-29-35-54(75-4)36-30-53/h7-11,13,15-16,21-38,43-44,46-48H,6,12,14,17-20,39-42,45H2,1-5H3. The van der Waals surface area contributed by atoms with Crippen LogP contribution in [0.4, 0.5) is 11.4 Å². The second kappa shape index (κ2) is 21.7. The van der Waals surface area contributed by atoms with Gasteiger partial charge in [-0.05, 0) is 180 Å². The Morgan fingerprint density at radius 2 is 1.33 bits per heavy atom. The molecule has 2 unspecified atom stereocenters. The van der Waals surface area contributed by atoms with Gasteiger partial charge in [-0.3, -0.25) is 0 Å². The van der Waals surface area contributed by atoms with Crippen LogP contribution in [0.2, 0.25) is 0 Å². The van der Waals surface area contributed by atoms with E-state index in [0.717, 1.165) is 95.0 Å². The highest BCUT2D eigenvalue weighted by molar-refractivity contribution is 6.12. The number of nitrogens with zero attached hydrogens (tertiary/aromatic N) is 2. The molecule has 0 amide bonds. The molecule has 2 heterocycles. The minimum Gasteiger partial charge on any atom is -0.497 e. The summed E-state index contributed by atoms with van der Waals surface area (Å²) in [4.78, 5) is 32.8. The number of carbonyl (C=O) groups excluding carboxylic acids is 2. The number of benzene rings is 7. The van der Waals surface area contributed by atoms with Gasteiger partial charge in [-0.15, -0.1) is 0 Å². The quantitative estimate of drug-likeness (QED) is 0.0781. The molecule has 0 bridgehead atoms. The summed E-state index contributed by atoms with van der Waals surface area (Å²) in [5.74, 6) is 3.34. The first-order valence-electron chi connectivity index (χ1n) is 28.4. The van der Waals surface area contributed by atoms with Gasteiger partial charge in [0.25, 0.3) is 0 Å². The second-order valence-corrected chi connectivity index (χ2v) is 22.7. The predicted molar refractivity (Wildman–Crippen MR) is 317 cm³/mol. The number of hydrogen-bond acceptors (Lipinski definition) is 9. The predicted octanol–water partition coefficient (Wildman–Crippen LogP) is 15.8. The maximum absolute atomic E-state index is 14.5. The van der Waals surface area contributed by atoms with Gasteiger partial charge >= 0.3 is 11.9 Å². The van der Waals surface area contributed by atoms with Crippen molar-refractivity contribution in [2.45, 2.75) is 89.1 Å². The van der Waals surface area contributed by atoms with Gasteiger partial charge in [-0.2, -0.15) is 0 Å². The molecule has 0 spiro atoms. The summed E-state index contributed by atoms with van der Waals surface area (Å²) in [6.07, 6.45) is 22.6. The van der Waals surface area contributed by atoms with Crippen molar-refractivity contribution < 1.29 is 33.3 Å². The molecule has 0 radical (unpaired) electrons. The summed E-state index contributed by atoms with van der Waals surface area (Å²) >= 11 is 0. The Balaban J connectivity index is 0.832. The van der Waals surface area contributed by atoms with Crippen LogP contribution in [-0.2, 0) is 11.0 Å². The van der Waals surface area contributed by atoms with Crippen LogP contribution in [0.5, 0.6) is 28.7 Å². The number of fused-ring (bicyclic) bond motifs is 8. The molecule has 7 aromatic rings. The number of hydrogen-bond donors (Lipinski definition) is 0. The third kappa shape index (κ3) is 9.98. The number of esters is 2. The number of piperazine rings is 1. The minimum absolute atomic E-state index is 0.237. The molecule has 0 aromatic heterocycles. The lowest BCUT2D eigenvalue weighted by Gasteiger charge is -2.40. The van der Waals surface area contributed by atoms with Crippen LogP contribution in [0.3, 0.4) is 0 Å². The fraction of sp³-hybridized carbons (Fsp3) is 0.314. The molecule has 2 atom stereocenters. The smallest absolute Gasteiger partial charge is 0.347 e. The number of ether oxygens (including phenoxy) is 5. The summed E-state index contributed by atoms with van der Waals surface area (Å²) in [5, 5.41) is 1.72. The lowest BCUT2D eigenvalue weighted by Crippen LogP contribution is -2.46. The van der Waals surface area contributed by atoms with E-state index in [1.165, 1.54) is 61.0 Å². The molecule has 12 rings (SSSR count). The normalized spacial score (nSPS) is 20.7. The minimum atomic E-state index is -0.823. The van der Waals surface area contributed by atoms with Crippen LogP contribution in [0, 0.1) is 11.8 Å². The van der Waals surface area contributed by atoms with E-state index < -0.39 is 23.0 Å². The molecule has 2 fully saturated rings. The van der Waals surface area contributed by atoms with Crippen molar-refractivity contribution in [3.05, 3.63) is 203 Å². The Labute approximate surface area is 465 Å².